The molecule has 0 radical (unpaired) electrons. The van der Waals surface area contributed by atoms with Gasteiger partial charge in [-0.25, -0.2) is 0 Å². The fraction of sp³-hybridized carbons (Fsp3) is 0.471. The third-order valence-corrected chi connectivity index (χ3v) is 8.43. The Bertz CT molecular complexity index is 1360. The number of hydrogen-bond acceptors (Lipinski definition) is 5. The van der Waals surface area contributed by atoms with E-state index in [0.29, 0.717) is 6.42 Å². The monoisotopic (exact) mass is 587 g/mol. The van der Waals surface area contributed by atoms with Crippen LogP contribution in [0.3, 0.4) is 0 Å². The van der Waals surface area contributed by atoms with Gasteiger partial charge in [0.05, 0.1) is 18.6 Å². The van der Waals surface area contributed by atoms with E-state index < -0.39 is 35.4 Å². The molecule has 0 aromatic heterocycles. The van der Waals surface area contributed by atoms with Gasteiger partial charge in [-0.2, -0.15) is 0 Å². The molecule has 0 fully saturated rings. The summed E-state index contributed by atoms with van der Waals surface area (Å²) in [4.78, 5) is 56.8. The average Bonchev–Trinajstić information content (AvgIpc) is 2.99. The second-order valence-electron chi connectivity index (χ2n) is 12.7. The van der Waals surface area contributed by atoms with Crippen LogP contribution in [0.25, 0.3) is 0 Å². The largest absolute Gasteiger partial charge is 0.345 e. The fourth-order valence-electron chi connectivity index (χ4n) is 5.71. The highest BCUT2D eigenvalue weighted by molar-refractivity contribution is 5.95. The number of amides is 4. The lowest BCUT2D eigenvalue weighted by atomic mass is 9.86. The summed E-state index contributed by atoms with van der Waals surface area (Å²) in [5.74, 6) is -1.32. The number of carbonyl (C=O) groups excluding carboxylic acids is 4. The minimum Gasteiger partial charge on any atom is -0.345 e. The Morgan fingerprint density at radius 1 is 1.00 bits per heavy atom. The Morgan fingerprint density at radius 3 is 2.37 bits per heavy atom. The topological polar surface area (TPSA) is 111 Å². The van der Waals surface area contributed by atoms with Crippen LogP contribution >= 0.6 is 0 Å². The highest BCUT2D eigenvalue weighted by Gasteiger charge is 2.40. The van der Waals surface area contributed by atoms with Crippen LogP contribution in [-0.4, -0.2) is 65.1 Å². The van der Waals surface area contributed by atoms with E-state index in [0.717, 1.165) is 36.0 Å². The molecule has 1 aliphatic heterocycles. The van der Waals surface area contributed by atoms with Gasteiger partial charge >= 0.3 is 0 Å². The summed E-state index contributed by atoms with van der Waals surface area (Å²) in [6.45, 7) is 8.96. The number of aryl methyl sites for hydroxylation is 2. The molecule has 1 heterocycles. The van der Waals surface area contributed by atoms with Crippen LogP contribution in [0, 0.1) is 12.3 Å². The third-order valence-electron chi connectivity index (χ3n) is 8.43. The predicted molar refractivity (Wildman–Crippen MR) is 167 cm³/mol. The molecular formula is C34H45N5O4. The highest BCUT2D eigenvalue weighted by atomic mass is 16.2. The van der Waals surface area contributed by atoms with Crippen molar-refractivity contribution in [1.82, 2.24) is 25.8 Å². The molecule has 3 N–H and O–H groups in total. The molecule has 43 heavy (non-hydrogen) atoms. The Labute approximate surface area is 255 Å². The first-order valence-electron chi connectivity index (χ1n) is 15.1. The van der Waals surface area contributed by atoms with E-state index in [4.69, 9.17) is 0 Å². The summed E-state index contributed by atoms with van der Waals surface area (Å²) < 4.78 is 0. The third kappa shape index (κ3) is 7.51. The standard InChI is InChI=1S/C34H45N5O4/c1-22-14-16-24(17-15-22)20-28-33(43)39(27-13-9-11-25-10-7-8-12-26(25)27)19-18-38(28)29(40)21-36-32(42)30(34(3,4)5)37-31(41)23(2)35-6/h7-8,10,12,14-19,23,27-28,30,35H,9,11,13,20-21H2,1-6H3,(H,36,42)(H,37,41)/t23-,27?,28-,30+/m0/s1. The van der Waals surface area contributed by atoms with Crippen LogP contribution in [0.15, 0.2) is 60.9 Å². The number of carbonyl (C=O) groups is 4. The van der Waals surface area contributed by atoms with Crippen molar-refractivity contribution >= 4 is 23.6 Å². The summed E-state index contributed by atoms with van der Waals surface area (Å²) in [6, 6.07) is 14.0. The van der Waals surface area contributed by atoms with Gasteiger partial charge < -0.3 is 25.8 Å². The molecule has 2 aliphatic rings. The van der Waals surface area contributed by atoms with Crippen LogP contribution in [0.5, 0.6) is 0 Å². The van der Waals surface area contributed by atoms with E-state index in [1.165, 1.54) is 10.5 Å². The lowest BCUT2D eigenvalue weighted by Crippen LogP contribution is -2.58. The van der Waals surface area contributed by atoms with Crippen molar-refractivity contribution < 1.29 is 19.2 Å². The van der Waals surface area contributed by atoms with Crippen molar-refractivity contribution in [1.29, 1.82) is 0 Å². The molecule has 4 amide bonds. The Kier molecular flexibility index (Phi) is 10.1. The first-order valence-corrected chi connectivity index (χ1v) is 15.1. The van der Waals surface area contributed by atoms with Crippen LogP contribution in [-0.2, 0) is 32.0 Å². The lowest BCUT2D eigenvalue weighted by Gasteiger charge is -2.41. The van der Waals surface area contributed by atoms with E-state index in [-0.39, 0.29) is 24.4 Å². The second-order valence-corrected chi connectivity index (χ2v) is 12.7. The van der Waals surface area contributed by atoms with Crippen molar-refractivity contribution in [3.63, 3.8) is 0 Å². The first-order chi connectivity index (χ1) is 20.4. The van der Waals surface area contributed by atoms with Gasteiger partial charge in [-0.05, 0) is 62.3 Å². The molecule has 9 heteroatoms. The maximum atomic E-state index is 14.2. The Morgan fingerprint density at radius 2 is 1.70 bits per heavy atom. The molecule has 4 atom stereocenters. The van der Waals surface area contributed by atoms with E-state index in [1.807, 2.05) is 64.1 Å². The quantitative estimate of drug-likeness (QED) is 0.417. The zero-order valence-corrected chi connectivity index (χ0v) is 26.1. The molecule has 0 saturated heterocycles. The second kappa shape index (κ2) is 13.5. The van der Waals surface area contributed by atoms with Gasteiger partial charge in [0.15, 0.2) is 0 Å². The maximum Gasteiger partial charge on any atom is 0.250 e. The summed E-state index contributed by atoms with van der Waals surface area (Å²) in [7, 11) is 1.67. The van der Waals surface area contributed by atoms with Gasteiger partial charge in [-0.15, -0.1) is 0 Å². The lowest BCUT2D eigenvalue weighted by molar-refractivity contribution is -0.145. The number of nitrogens with zero attached hydrogens (tertiary/aromatic N) is 2. The summed E-state index contributed by atoms with van der Waals surface area (Å²) in [5, 5.41) is 8.39. The Balaban J connectivity index is 1.55. The van der Waals surface area contributed by atoms with Crippen molar-refractivity contribution in [3.05, 3.63) is 83.2 Å². The molecule has 230 valence electrons. The van der Waals surface area contributed by atoms with Crippen molar-refractivity contribution in [2.75, 3.05) is 13.6 Å². The molecule has 0 spiro atoms. The number of nitrogens with one attached hydrogen (secondary N) is 3. The fourth-order valence-corrected chi connectivity index (χ4v) is 5.71. The molecule has 2 aromatic rings. The van der Waals surface area contributed by atoms with E-state index in [9.17, 15) is 19.2 Å². The van der Waals surface area contributed by atoms with E-state index >= 15 is 0 Å². The normalized spacial score (nSPS) is 19.8. The zero-order valence-electron chi connectivity index (χ0n) is 26.1. The minimum atomic E-state index is -0.854. The van der Waals surface area contributed by atoms with E-state index in [1.54, 1.807) is 31.3 Å². The zero-order chi connectivity index (χ0) is 31.3. The number of rotatable bonds is 9. The SMILES string of the molecule is CN[C@@H](C)C(=O)N[C@H](C(=O)NCC(=O)N1C=CN(C2CCCc3ccccc32)C(=O)[C@@H]1Cc1ccc(C)cc1)C(C)(C)C. The van der Waals surface area contributed by atoms with Crippen LogP contribution < -0.4 is 16.0 Å². The number of likely N-dealkylation sites (N-methyl/N-ethyl adjacent to an activating group) is 1. The number of benzene rings is 2. The van der Waals surface area contributed by atoms with Crippen molar-refractivity contribution in [2.45, 2.75) is 84.5 Å². The van der Waals surface area contributed by atoms with Crippen LogP contribution in [0.1, 0.15) is 68.8 Å². The summed E-state index contributed by atoms with van der Waals surface area (Å²) in [5.41, 5.74) is 3.86. The first kappa shape index (κ1) is 31.9. The smallest absolute Gasteiger partial charge is 0.250 e. The summed E-state index contributed by atoms with van der Waals surface area (Å²) >= 11 is 0. The van der Waals surface area contributed by atoms with Gasteiger partial charge in [-0.1, -0.05) is 74.9 Å². The molecule has 2 aromatic carbocycles. The van der Waals surface area contributed by atoms with Gasteiger partial charge in [-0.3, -0.25) is 19.2 Å². The molecule has 1 unspecified atom stereocenters. The summed E-state index contributed by atoms with van der Waals surface area (Å²) in [6.07, 6.45) is 6.53. The predicted octanol–water partition coefficient (Wildman–Crippen LogP) is 3.38. The Hall–Kier alpha value is -3.98. The number of hydrogen-bond donors (Lipinski definition) is 3. The molecular weight excluding hydrogens is 542 g/mol. The average molecular weight is 588 g/mol. The minimum absolute atomic E-state index is 0.0951. The van der Waals surface area contributed by atoms with Crippen molar-refractivity contribution in [2.24, 2.45) is 5.41 Å². The van der Waals surface area contributed by atoms with Gasteiger partial charge in [0.25, 0.3) is 5.91 Å². The number of fused-ring (bicyclic) bond motifs is 1. The molecule has 1 aliphatic carbocycles. The van der Waals surface area contributed by atoms with E-state index in [2.05, 4.69) is 28.1 Å². The maximum absolute atomic E-state index is 14.2. The highest BCUT2D eigenvalue weighted by Crippen LogP contribution is 2.36. The molecule has 9 nitrogen and oxygen atoms in total. The molecule has 0 bridgehead atoms. The molecule has 0 saturated carbocycles. The van der Waals surface area contributed by atoms with Crippen LogP contribution in [0.2, 0.25) is 0 Å². The van der Waals surface area contributed by atoms with Gasteiger partial charge in [0.2, 0.25) is 17.7 Å². The van der Waals surface area contributed by atoms with Crippen LogP contribution in [0.4, 0.5) is 0 Å². The van der Waals surface area contributed by atoms with Gasteiger partial charge in [0, 0.05) is 18.8 Å². The molecule has 4 rings (SSSR count). The van der Waals surface area contributed by atoms with Crippen molar-refractivity contribution in [3.8, 4) is 0 Å². The van der Waals surface area contributed by atoms with Gasteiger partial charge in [0.1, 0.15) is 12.1 Å².